The van der Waals surface area contributed by atoms with Crippen LogP contribution in [0, 0.1) is 0 Å². The van der Waals surface area contributed by atoms with Crippen LogP contribution >= 0.6 is 0 Å². The van der Waals surface area contributed by atoms with E-state index in [1.807, 2.05) is 12.1 Å². The summed E-state index contributed by atoms with van der Waals surface area (Å²) >= 11 is 0. The number of hydrogen-bond acceptors (Lipinski definition) is 3. The molecule has 3 atom stereocenters. The van der Waals surface area contributed by atoms with E-state index in [2.05, 4.69) is 42.8 Å². The van der Waals surface area contributed by atoms with Crippen molar-refractivity contribution in [2.24, 2.45) is 0 Å². The monoisotopic (exact) mass is 248 g/mol. The van der Waals surface area contributed by atoms with Gasteiger partial charge in [0.25, 0.3) is 0 Å². The van der Waals surface area contributed by atoms with Crippen molar-refractivity contribution < 1.29 is 5.11 Å². The molecule has 0 amide bonds. The summed E-state index contributed by atoms with van der Waals surface area (Å²) in [4.78, 5) is 4.86. The fourth-order valence-corrected chi connectivity index (χ4v) is 2.58. The lowest BCUT2D eigenvalue weighted by Crippen LogP contribution is -2.55. The van der Waals surface area contributed by atoms with Gasteiger partial charge in [-0.15, -0.1) is 0 Å². The number of benzene rings is 1. The molecule has 0 aliphatic carbocycles. The zero-order valence-electron chi connectivity index (χ0n) is 11.8. The molecule has 1 saturated heterocycles. The van der Waals surface area contributed by atoms with E-state index in [1.54, 1.807) is 6.92 Å². The maximum Gasteiger partial charge on any atom is 0.0761 e. The van der Waals surface area contributed by atoms with Crippen molar-refractivity contribution in [3.8, 4) is 0 Å². The standard InChI is InChI=1S/C15H24N2O/c1-11-9-17(10-12(2)16(11)4)15-7-5-14(6-8-15)13(3)18/h5-8,11-13,18H,9-10H2,1-4H3. The van der Waals surface area contributed by atoms with Crippen molar-refractivity contribution in [3.63, 3.8) is 0 Å². The first kappa shape index (κ1) is 13.4. The van der Waals surface area contributed by atoms with E-state index in [1.165, 1.54) is 5.69 Å². The Morgan fingerprint density at radius 1 is 1.11 bits per heavy atom. The van der Waals surface area contributed by atoms with Gasteiger partial charge in [0.1, 0.15) is 0 Å². The van der Waals surface area contributed by atoms with Gasteiger partial charge < -0.3 is 10.0 Å². The Hall–Kier alpha value is -1.06. The lowest BCUT2D eigenvalue weighted by Gasteiger charge is -2.43. The Labute approximate surface area is 110 Å². The van der Waals surface area contributed by atoms with Crippen LogP contribution in [-0.4, -0.2) is 42.2 Å². The van der Waals surface area contributed by atoms with Gasteiger partial charge >= 0.3 is 0 Å². The van der Waals surface area contributed by atoms with Crippen molar-refractivity contribution in [2.45, 2.75) is 39.0 Å². The molecular formula is C15H24N2O. The van der Waals surface area contributed by atoms with Gasteiger partial charge in [-0.1, -0.05) is 12.1 Å². The van der Waals surface area contributed by atoms with Crippen LogP contribution in [0.4, 0.5) is 5.69 Å². The Bertz CT molecular complexity index is 376. The molecule has 3 nitrogen and oxygen atoms in total. The molecule has 1 heterocycles. The lowest BCUT2D eigenvalue weighted by molar-refractivity contribution is 0.170. The number of piperazine rings is 1. The molecule has 0 spiro atoms. The Balaban J connectivity index is 2.12. The van der Waals surface area contributed by atoms with Crippen LogP contribution in [-0.2, 0) is 0 Å². The van der Waals surface area contributed by atoms with Crippen LogP contribution < -0.4 is 4.90 Å². The third-order valence-electron chi connectivity index (χ3n) is 4.10. The SMILES string of the molecule is CC(O)c1ccc(N2CC(C)N(C)C(C)C2)cc1. The minimum absolute atomic E-state index is 0.385. The number of hydrogen-bond donors (Lipinski definition) is 1. The van der Waals surface area contributed by atoms with E-state index in [-0.39, 0.29) is 6.10 Å². The molecule has 1 aromatic carbocycles. The molecule has 0 radical (unpaired) electrons. The number of rotatable bonds is 2. The largest absolute Gasteiger partial charge is 0.389 e. The summed E-state index contributed by atoms with van der Waals surface area (Å²) < 4.78 is 0. The third kappa shape index (κ3) is 2.68. The molecule has 1 N–H and O–H groups in total. The summed E-state index contributed by atoms with van der Waals surface area (Å²) in [5.41, 5.74) is 2.24. The summed E-state index contributed by atoms with van der Waals surface area (Å²) in [7, 11) is 2.20. The van der Waals surface area contributed by atoms with Crippen molar-refractivity contribution in [1.82, 2.24) is 4.90 Å². The molecule has 0 saturated carbocycles. The maximum atomic E-state index is 9.52. The zero-order valence-corrected chi connectivity index (χ0v) is 11.8. The van der Waals surface area contributed by atoms with Gasteiger partial charge in [0, 0.05) is 30.9 Å². The predicted octanol–water partition coefficient (Wildman–Crippen LogP) is 2.27. The Kier molecular flexibility index (Phi) is 3.93. The number of likely N-dealkylation sites (N-methyl/N-ethyl adjacent to an activating group) is 1. The van der Waals surface area contributed by atoms with Gasteiger partial charge in [0.2, 0.25) is 0 Å². The quantitative estimate of drug-likeness (QED) is 0.870. The predicted molar refractivity (Wildman–Crippen MR) is 76.0 cm³/mol. The zero-order chi connectivity index (χ0) is 13.3. The van der Waals surface area contributed by atoms with E-state index in [9.17, 15) is 5.11 Å². The highest BCUT2D eigenvalue weighted by molar-refractivity contribution is 5.48. The van der Waals surface area contributed by atoms with Crippen LogP contribution in [0.15, 0.2) is 24.3 Å². The number of aliphatic hydroxyl groups excluding tert-OH is 1. The fourth-order valence-electron chi connectivity index (χ4n) is 2.58. The summed E-state index contributed by atoms with van der Waals surface area (Å²) in [5.74, 6) is 0. The number of nitrogens with zero attached hydrogens (tertiary/aromatic N) is 2. The fraction of sp³-hybridized carbons (Fsp3) is 0.600. The topological polar surface area (TPSA) is 26.7 Å². The number of aliphatic hydroxyl groups is 1. The average Bonchev–Trinajstić information content (AvgIpc) is 2.35. The second-order valence-electron chi connectivity index (χ2n) is 5.54. The molecule has 100 valence electrons. The highest BCUT2D eigenvalue weighted by atomic mass is 16.3. The normalized spacial score (nSPS) is 27.3. The minimum atomic E-state index is -0.385. The van der Waals surface area contributed by atoms with E-state index in [0.717, 1.165) is 18.7 Å². The van der Waals surface area contributed by atoms with Gasteiger partial charge in [0.05, 0.1) is 6.10 Å². The van der Waals surface area contributed by atoms with Crippen LogP contribution in [0.5, 0.6) is 0 Å². The maximum absolute atomic E-state index is 9.52. The lowest BCUT2D eigenvalue weighted by atomic mass is 10.1. The summed E-state index contributed by atoms with van der Waals surface area (Å²) in [6, 6.07) is 9.43. The van der Waals surface area contributed by atoms with Gasteiger partial charge in [0.15, 0.2) is 0 Å². The van der Waals surface area contributed by atoms with E-state index < -0.39 is 0 Å². The van der Waals surface area contributed by atoms with E-state index in [4.69, 9.17) is 0 Å². The van der Waals surface area contributed by atoms with Gasteiger partial charge in [-0.05, 0) is 45.5 Å². The molecule has 3 heteroatoms. The molecule has 1 fully saturated rings. The Morgan fingerprint density at radius 2 is 1.61 bits per heavy atom. The summed E-state index contributed by atoms with van der Waals surface area (Å²) in [6.07, 6.45) is -0.385. The molecule has 3 unspecified atom stereocenters. The first-order valence-electron chi connectivity index (χ1n) is 6.74. The van der Waals surface area contributed by atoms with E-state index in [0.29, 0.717) is 12.1 Å². The second-order valence-corrected chi connectivity index (χ2v) is 5.54. The van der Waals surface area contributed by atoms with Crippen LogP contribution in [0.2, 0.25) is 0 Å². The summed E-state index contributed by atoms with van der Waals surface area (Å²) in [5, 5.41) is 9.52. The van der Waals surface area contributed by atoms with Crippen molar-refractivity contribution in [2.75, 3.05) is 25.0 Å². The van der Waals surface area contributed by atoms with Crippen molar-refractivity contribution in [3.05, 3.63) is 29.8 Å². The molecule has 1 aliphatic rings. The van der Waals surface area contributed by atoms with Gasteiger partial charge in [-0.2, -0.15) is 0 Å². The molecule has 0 bridgehead atoms. The van der Waals surface area contributed by atoms with Crippen LogP contribution in [0.3, 0.4) is 0 Å². The molecule has 18 heavy (non-hydrogen) atoms. The van der Waals surface area contributed by atoms with Crippen molar-refractivity contribution in [1.29, 1.82) is 0 Å². The average molecular weight is 248 g/mol. The first-order chi connectivity index (χ1) is 8.49. The van der Waals surface area contributed by atoms with Crippen LogP contribution in [0.25, 0.3) is 0 Å². The highest BCUT2D eigenvalue weighted by Gasteiger charge is 2.26. The molecule has 1 aromatic rings. The third-order valence-corrected chi connectivity index (χ3v) is 4.10. The molecule has 2 rings (SSSR count). The highest BCUT2D eigenvalue weighted by Crippen LogP contribution is 2.23. The minimum Gasteiger partial charge on any atom is -0.389 e. The Morgan fingerprint density at radius 3 is 2.06 bits per heavy atom. The van der Waals surface area contributed by atoms with Crippen LogP contribution in [0.1, 0.15) is 32.4 Å². The van der Waals surface area contributed by atoms with E-state index >= 15 is 0 Å². The molecular weight excluding hydrogens is 224 g/mol. The van der Waals surface area contributed by atoms with Gasteiger partial charge in [-0.3, -0.25) is 4.90 Å². The number of anilines is 1. The first-order valence-corrected chi connectivity index (χ1v) is 6.74. The molecule has 1 aliphatic heterocycles. The second kappa shape index (κ2) is 5.29. The smallest absolute Gasteiger partial charge is 0.0761 e. The van der Waals surface area contributed by atoms with Gasteiger partial charge in [-0.25, -0.2) is 0 Å². The van der Waals surface area contributed by atoms with Crippen molar-refractivity contribution >= 4 is 5.69 Å². The molecule has 0 aromatic heterocycles. The summed E-state index contributed by atoms with van der Waals surface area (Å²) in [6.45, 7) is 8.47.